The predicted octanol–water partition coefficient (Wildman–Crippen LogP) is 5.94. The number of hydrogen-bond acceptors (Lipinski definition) is 5. The van der Waals surface area contributed by atoms with Crippen LogP contribution >= 0.6 is 11.6 Å². The fourth-order valence-electron chi connectivity index (χ4n) is 4.82. The van der Waals surface area contributed by atoms with Gasteiger partial charge in [-0.05, 0) is 73.4 Å². The maximum absolute atomic E-state index is 13.7. The second kappa shape index (κ2) is 10.2. The Bertz CT molecular complexity index is 1450. The van der Waals surface area contributed by atoms with Crippen LogP contribution in [-0.4, -0.2) is 46.4 Å². The van der Waals surface area contributed by atoms with Gasteiger partial charge in [-0.25, -0.2) is 0 Å². The number of methoxy groups -OCH3 is 1. The minimum atomic E-state index is -0.422. The van der Waals surface area contributed by atoms with Crippen LogP contribution in [0.1, 0.15) is 45.7 Å². The van der Waals surface area contributed by atoms with E-state index in [4.69, 9.17) is 21.1 Å². The Hall–Kier alpha value is -3.97. The van der Waals surface area contributed by atoms with Gasteiger partial charge in [0.15, 0.2) is 0 Å². The van der Waals surface area contributed by atoms with Crippen LogP contribution in [0.15, 0.2) is 60.7 Å². The Balaban J connectivity index is 1.58. The lowest BCUT2D eigenvalue weighted by atomic mass is 9.95. The van der Waals surface area contributed by atoms with Gasteiger partial charge >= 0.3 is 0 Å². The van der Waals surface area contributed by atoms with Gasteiger partial charge in [-0.2, -0.15) is 5.10 Å². The molecule has 4 aromatic rings. The molecule has 8 heteroatoms. The van der Waals surface area contributed by atoms with Gasteiger partial charge in [-0.15, -0.1) is 0 Å². The van der Waals surface area contributed by atoms with Crippen LogP contribution in [-0.2, 0) is 6.42 Å². The Kier molecular flexibility index (Phi) is 6.80. The highest BCUT2D eigenvalue weighted by Gasteiger charge is 2.42. The predicted molar refractivity (Wildman–Crippen MR) is 143 cm³/mol. The summed E-state index contributed by atoms with van der Waals surface area (Å²) >= 11 is 6.41. The first-order chi connectivity index (χ1) is 17.9. The van der Waals surface area contributed by atoms with Crippen LogP contribution in [0.2, 0.25) is 5.02 Å². The summed E-state index contributed by atoms with van der Waals surface area (Å²) < 4.78 is 11.0. The number of amides is 1. The zero-order valence-electron chi connectivity index (χ0n) is 20.9. The molecule has 1 amide bonds. The van der Waals surface area contributed by atoms with Gasteiger partial charge in [0, 0.05) is 22.7 Å². The Morgan fingerprint density at radius 1 is 1.11 bits per heavy atom. The van der Waals surface area contributed by atoms with E-state index in [9.17, 15) is 9.90 Å². The number of aryl methyl sites for hydroxylation is 1. The van der Waals surface area contributed by atoms with Crippen molar-refractivity contribution in [2.24, 2.45) is 0 Å². The summed E-state index contributed by atoms with van der Waals surface area (Å²) in [5.41, 5.74) is 4.84. The number of H-pyrrole nitrogens is 1. The van der Waals surface area contributed by atoms with Crippen molar-refractivity contribution in [1.29, 1.82) is 0 Å². The third-order valence-corrected chi connectivity index (χ3v) is 7.09. The number of hydrogen-bond donors (Lipinski definition) is 2. The molecule has 5 rings (SSSR count). The smallest absolute Gasteiger partial charge is 0.273 e. The summed E-state index contributed by atoms with van der Waals surface area (Å²) in [6, 6.07) is 18.5. The molecule has 1 aliphatic rings. The molecule has 0 saturated heterocycles. The molecule has 1 aliphatic heterocycles. The number of phenols is 1. The number of nitrogens with zero attached hydrogens (tertiary/aromatic N) is 2. The van der Waals surface area contributed by atoms with E-state index in [0.29, 0.717) is 47.1 Å². The lowest BCUT2D eigenvalue weighted by molar-refractivity contribution is 0.0745. The molecule has 3 aromatic carbocycles. The van der Waals surface area contributed by atoms with Crippen molar-refractivity contribution >= 4 is 17.5 Å². The van der Waals surface area contributed by atoms with Crippen LogP contribution in [0.5, 0.6) is 17.2 Å². The molecule has 0 radical (unpaired) electrons. The minimum absolute atomic E-state index is 0.0575. The molecular formula is C29H28ClN3O4. The molecule has 0 fully saturated rings. The van der Waals surface area contributed by atoms with Gasteiger partial charge in [0.25, 0.3) is 5.91 Å². The van der Waals surface area contributed by atoms with E-state index in [0.717, 1.165) is 28.2 Å². The molecule has 1 atom stereocenters. The van der Waals surface area contributed by atoms with Gasteiger partial charge < -0.3 is 19.5 Å². The third-order valence-electron chi connectivity index (χ3n) is 6.68. The molecule has 0 saturated carbocycles. The second-order valence-corrected chi connectivity index (χ2v) is 9.39. The molecular weight excluding hydrogens is 490 g/mol. The number of phenolic OH excluding ortho intramolecular Hbond substituents is 1. The van der Waals surface area contributed by atoms with Crippen molar-refractivity contribution in [3.8, 4) is 28.5 Å². The summed E-state index contributed by atoms with van der Waals surface area (Å²) in [7, 11) is 1.64. The zero-order valence-corrected chi connectivity index (χ0v) is 21.7. The highest BCUT2D eigenvalue weighted by Crippen LogP contribution is 2.45. The van der Waals surface area contributed by atoms with Crippen LogP contribution in [0.25, 0.3) is 11.3 Å². The molecule has 2 heterocycles. The topological polar surface area (TPSA) is 87.7 Å². The molecule has 0 aliphatic carbocycles. The van der Waals surface area contributed by atoms with Gasteiger partial charge in [-0.3, -0.25) is 9.89 Å². The SMILES string of the molecule is CCOc1cccc(C2c3c(-c4cc(Cl)c(C)cc4O)n[nH]c3C(=O)N2CCc2ccc(OC)cc2)c1. The first kappa shape index (κ1) is 24.7. The zero-order chi connectivity index (χ0) is 26.1. The Morgan fingerprint density at radius 2 is 1.89 bits per heavy atom. The van der Waals surface area contributed by atoms with Crippen molar-refractivity contribution in [2.75, 3.05) is 20.3 Å². The normalized spacial score (nSPS) is 14.6. The molecule has 1 unspecified atom stereocenters. The highest BCUT2D eigenvalue weighted by atomic mass is 35.5. The number of nitrogens with one attached hydrogen (secondary N) is 1. The van der Waals surface area contributed by atoms with Crippen molar-refractivity contribution in [2.45, 2.75) is 26.3 Å². The number of aromatic hydroxyl groups is 1. The maximum Gasteiger partial charge on any atom is 0.273 e. The number of benzene rings is 3. The largest absolute Gasteiger partial charge is 0.507 e. The summed E-state index contributed by atoms with van der Waals surface area (Å²) in [4.78, 5) is 15.5. The average molecular weight is 518 g/mol. The standard InChI is InChI=1S/C29H28ClN3O4/c1-4-37-21-7-5-6-19(15-21)28-25-26(22-16-23(30)17(2)14-24(22)34)31-32-27(25)29(35)33(28)13-12-18-8-10-20(36-3)11-9-18/h5-11,14-16,28,34H,4,12-13H2,1-3H3,(H,31,32). The van der Waals surface area contributed by atoms with Crippen LogP contribution < -0.4 is 9.47 Å². The van der Waals surface area contributed by atoms with Crippen molar-refractivity contribution in [3.63, 3.8) is 0 Å². The molecule has 0 spiro atoms. The van der Waals surface area contributed by atoms with Crippen LogP contribution in [0.3, 0.4) is 0 Å². The number of ether oxygens (including phenoxy) is 2. The lowest BCUT2D eigenvalue weighted by Crippen LogP contribution is -2.31. The number of carbonyl (C=O) groups excluding carboxylic acids is 1. The van der Waals surface area contributed by atoms with Gasteiger partial charge in [0.05, 0.1) is 19.8 Å². The van der Waals surface area contributed by atoms with Gasteiger partial charge in [-0.1, -0.05) is 35.9 Å². The molecule has 1 aromatic heterocycles. The number of rotatable bonds is 8. The highest BCUT2D eigenvalue weighted by molar-refractivity contribution is 6.31. The maximum atomic E-state index is 13.7. The number of aromatic nitrogens is 2. The third kappa shape index (κ3) is 4.62. The summed E-state index contributed by atoms with van der Waals surface area (Å²) in [6.45, 7) is 4.78. The van der Waals surface area contributed by atoms with E-state index in [-0.39, 0.29) is 11.7 Å². The first-order valence-corrected chi connectivity index (χ1v) is 12.5. The van der Waals surface area contributed by atoms with E-state index < -0.39 is 6.04 Å². The van der Waals surface area contributed by atoms with Crippen molar-refractivity contribution in [1.82, 2.24) is 15.1 Å². The number of aromatic amines is 1. The Labute approximate surface area is 220 Å². The quantitative estimate of drug-likeness (QED) is 0.302. The molecule has 37 heavy (non-hydrogen) atoms. The fourth-order valence-corrected chi connectivity index (χ4v) is 4.98. The molecule has 0 bridgehead atoms. The van der Waals surface area contributed by atoms with Crippen molar-refractivity contribution < 1.29 is 19.4 Å². The van der Waals surface area contributed by atoms with Gasteiger partial charge in [0.2, 0.25) is 0 Å². The van der Waals surface area contributed by atoms with E-state index in [2.05, 4.69) is 10.2 Å². The number of halogens is 1. The van der Waals surface area contributed by atoms with Crippen molar-refractivity contribution in [3.05, 3.63) is 93.6 Å². The molecule has 7 nitrogen and oxygen atoms in total. The van der Waals surface area contributed by atoms with Crippen LogP contribution in [0.4, 0.5) is 0 Å². The second-order valence-electron chi connectivity index (χ2n) is 8.98. The number of carbonyl (C=O) groups is 1. The fraction of sp³-hybridized carbons (Fsp3) is 0.241. The van der Waals surface area contributed by atoms with Crippen LogP contribution in [0, 0.1) is 6.92 Å². The Morgan fingerprint density at radius 3 is 2.62 bits per heavy atom. The minimum Gasteiger partial charge on any atom is -0.507 e. The van der Waals surface area contributed by atoms with E-state index in [1.54, 1.807) is 19.2 Å². The number of fused-ring (bicyclic) bond motifs is 1. The van der Waals surface area contributed by atoms with E-state index in [1.165, 1.54) is 0 Å². The van der Waals surface area contributed by atoms with E-state index in [1.807, 2.05) is 67.3 Å². The summed E-state index contributed by atoms with van der Waals surface area (Å²) in [6.07, 6.45) is 0.659. The molecule has 190 valence electrons. The molecule has 2 N–H and O–H groups in total. The van der Waals surface area contributed by atoms with Gasteiger partial charge in [0.1, 0.15) is 28.6 Å². The first-order valence-electron chi connectivity index (χ1n) is 12.2. The summed E-state index contributed by atoms with van der Waals surface area (Å²) in [5.74, 6) is 1.42. The average Bonchev–Trinajstić information content (AvgIpc) is 3.44. The monoisotopic (exact) mass is 517 g/mol. The van der Waals surface area contributed by atoms with E-state index >= 15 is 0 Å². The summed E-state index contributed by atoms with van der Waals surface area (Å²) in [5, 5.41) is 18.7. The lowest BCUT2D eigenvalue weighted by Gasteiger charge is -2.27.